The maximum Gasteiger partial charge on any atom is 0.231 e. The molecule has 4 rings (SSSR count). The predicted molar refractivity (Wildman–Crippen MR) is 126 cm³/mol. The van der Waals surface area contributed by atoms with Gasteiger partial charge in [-0.25, -0.2) is 0 Å². The minimum Gasteiger partial charge on any atom is -0.311 e. The number of nitrogens with zero attached hydrogens (tertiary/aromatic N) is 3. The summed E-state index contributed by atoms with van der Waals surface area (Å²) in [5.74, 6) is 0.348. The molecule has 31 heavy (non-hydrogen) atoms. The first-order valence-electron chi connectivity index (χ1n) is 10.3. The molecule has 1 aliphatic rings. The number of hydrogen-bond donors (Lipinski definition) is 1. The van der Waals surface area contributed by atoms with E-state index in [4.69, 9.17) is 0 Å². The van der Waals surface area contributed by atoms with Gasteiger partial charge < -0.3 is 10.2 Å². The van der Waals surface area contributed by atoms with Gasteiger partial charge in [0.1, 0.15) is 0 Å². The van der Waals surface area contributed by atoms with E-state index in [0.29, 0.717) is 11.7 Å². The number of carbonyl (C=O) groups excluding carboxylic acids is 2. The highest BCUT2D eigenvalue weighted by atomic mass is 32.2. The molecule has 0 bridgehead atoms. The summed E-state index contributed by atoms with van der Waals surface area (Å²) in [6.45, 7) is 2.35. The number of hydrogen-bond acceptors (Lipinski definition) is 6. The van der Waals surface area contributed by atoms with Crippen LogP contribution in [0.15, 0.2) is 58.9 Å². The van der Waals surface area contributed by atoms with Gasteiger partial charge in [-0.15, -0.1) is 10.2 Å². The van der Waals surface area contributed by atoms with Crippen LogP contribution in [-0.2, 0) is 16.0 Å². The van der Waals surface area contributed by atoms with E-state index in [1.54, 1.807) is 16.7 Å². The minimum atomic E-state index is -0.391. The smallest absolute Gasteiger partial charge is 0.231 e. The molecule has 2 aromatic carbocycles. The topological polar surface area (TPSA) is 75.2 Å². The molecule has 1 atom stereocenters. The average Bonchev–Trinajstić information content (AvgIpc) is 3.39. The third kappa shape index (κ3) is 5.51. The zero-order valence-electron chi connectivity index (χ0n) is 17.3. The lowest BCUT2D eigenvalue weighted by molar-refractivity contribution is -0.122. The van der Waals surface area contributed by atoms with Crippen molar-refractivity contribution in [2.24, 2.45) is 5.92 Å². The molecule has 0 aliphatic carbocycles. The Bertz CT molecular complexity index is 1050. The van der Waals surface area contributed by atoms with Crippen molar-refractivity contribution in [2.75, 3.05) is 22.5 Å². The van der Waals surface area contributed by atoms with Gasteiger partial charge in [-0.05, 0) is 37.0 Å². The first kappa shape index (κ1) is 21.5. The SMILES string of the molecule is Cc1ccccc1N1CC(C(=O)Nc2nnc(SCCCc3ccccc3)s2)CC1=O. The van der Waals surface area contributed by atoms with Crippen LogP contribution in [0, 0.1) is 12.8 Å². The van der Waals surface area contributed by atoms with Gasteiger partial charge in [-0.1, -0.05) is 71.6 Å². The van der Waals surface area contributed by atoms with E-state index in [0.717, 1.165) is 34.2 Å². The Morgan fingerprint density at radius 2 is 1.94 bits per heavy atom. The van der Waals surface area contributed by atoms with E-state index < -0.39 is 5.92 Å². The summed E-state index contributed by atoms with van der Waals surface area (Å²) in [5.41, 5.74) is 3.22. The normalized spacial score (nSPS) is 16.0. The Morgan fingerprint density at radius 1 is 1.16 bits per heavy atom. The Balaban J connectivity index is 1.26. The third-order valence-corrected chi connectivity index (χ3v) is 7.28. The number of aryl methyl sites for hydroxylation is 2. The van der Waals surface area contributed by atoms with E-state index >= 15 is 0 Å². The molecule has 1 unspecified atom stereocenters. The van der Waals surface area contributed by atoms with Crippen molar-refractivity contribution in [3.8, 4) is 0 Å². The first-order chi connectivity index (χ1) is 15.1. The van der Waals surface area contributed by atoms with Crippen LogP contribution in [0.5, 0.6) is 0 Å². The molecule has 8 heteroatoms. The van der Waals surface area contributed by atoms with Crippen molar-refractivity contribution in [1.82, 2.24) is 10.2 Å². The fourth-order valence-corrected chi connectivity index (χ4v) is 5.35. The van der Waals surface area contributed by atoms with Crippen LogP contribution in [0.1, 0.15) is 24.0 Å². The molecule has 2 amide bonds. The van der Waals surface area contributed by atoms with E-state index in [2.05, 4.69) is 39.8 Å². The zero-order chi connectivity index (χ0) is 21.6. The van der Waals surface area contributed by atoms with Crippen LogP contribution in [0.2, 0.25) is 0 Å². The number of thioether (sulfide) groups is 1. The second-order valence-electron chi connectivity index (χ2n) is 7.49. The maximum atomic E-state index is 12.7. The Hall–Kier alpha value is -2.71. The van der Waals surface area contributed by atoms with Gasteiger partial charge in [0.15, 0.2) is 4.34 Å². The number of para-hydroxylation sites is 1. The number of aromatic nitrogens is 2. The summed E-state index contributed by atoms with van der Waals surface area (Å²) < 4.78 is 0.840. The maximum absolute atomic E-state index is 12.7. The van der Waals surface area contributed by atoms with Crippen molar-refractivity contribution < 1.29 is 9.59 Å². The summed E-state index contributed by atoms with van der Waals surface area (Å²) in [4.78, 5) is 26.9. The van der Waals surface area contributed by atoms with Gasteiger partial charge in [0.2, 0.25) is 16.9 Å². The van der Waals surface area contributed by atoms with Crippen LogP contribution >= 0.6 is 23.1 Å². The van der Waals surface area contributed by atoms with Crippen LogP contribution < -0.4 is 10.2 Å². The van der Waals surface area contributed by atoms with Crippen molar-refractivity contribution in [3.05, 3.63) is 65.7 Å². The lowest BCUT2D eigenvalue weighted by atomic mass is 10.1. The first-order valence-corrected chi connectivity index (χ1v) is 12.1. The molecule has 1 fully saturated rings. The summed E-state index contributed by atoms with van der Waals surface area (Å²) in [6, 6.07) is 18.1. The monoisotopic (exact) mass is 452 g/mol. The highest BCUT2D eigenvalue weighted by Crippen LogP contribution is 2.30. The van der Waals surface area contributed by atoms with Crippen molar-refractivity contribution >= 4 is 45.7 Å². The number of amides is 2. The minimum absolute atomic E-state index is 0.0265. The average molecular weight is 453 g/mol. The quantitative estimate of drug-likeness (QED) is 0.308. The lowest BCUT2D eigenvalue weighted by Gasteiger charge is -2.18. The van der Waals surface area contributed by atoms with Gasteiger partial charge in [-0.3, -0.25) is 9.59 Å². The molecule has 1 N–H and O–H groups in total. The molecule has 0 spiro atoms. The number of rotatable bonds is 8. The Morgan fingerprint density at radius 3 is 2.74 bits per heavy atom. The van der Waals surface area contributed by atoms with Gasteiger partial charge in [0, 0.05) is 24.4 Å². The third-order valence-electron chi connectivity index (χ3n) is 5.22. The molecule has 0 saturated carbocycles. The Labute approximate surface area is 190 Å². The van der Waals surface area contributed by atoms with Crippen molar-refractivity contribution in [2.45, 2.75) is 30.5 Å². The molecule has 160 valence electrons. The molecule has 2 heterocycles. The highest BCUT2D eigenvalue weighted by Gasteiger charge is 2.36. The second-order valence-corrected chi connectivity index (χ2v) is 9.81. The van der Waals surface area contributed by atoms with Crippen LogP contribution in [0.4, 0.5) is 10.8 Å². The van der Waals surface area contributed by atoms with Crippen LogP contribution in [-0.4, -0.2) is 34.3 Å². The fraction of sp³-hybridized carbons (Fsp3) is 0.304. The van der Waals surface area contributed by atoms with Gasteiger partial charge >= 0.3 is 0 Å². The number of anilines is 2. The van der Waals surface area contributed by atoms with Gasteiger partial charge in [0.05, 0.1) is 5.92 Å². The molecule has 1 aromatic heterocycles. The lowest BCUT2D eigenvalue weighted by Crippen LogP contribution is -2.28. The summed E-state index contributed by atoms with van der Waals surface area (Å²) >= 11 is 3.03. The fourth-order valence-electron chi connectivity index (χ4n) is 3.59. The molecule has 6 nitrogen and oxygen atoms in total. The van der Waals surface area contributed by atoms with E-state index in [1.807, 2.05) is 37.3 Å². The zero-order valence-corrected chi connectivity index (χ0v) is 18.9. The standard InChI is InChI=1S/C23H24N4O2S2/c1-16-8-5-6-12-19(16)27-15-18(14-20(27)28)21(29)24-22-25-26-23(31-22)30-13-7-11-17-9-3-2-4-10-17/h2-6,8-10,12,18H,7,11,13-15H2,1H3,(H,24,25,29). The number of nitrogens with one attached hydrogen (secondary N) is 1. The highest BCUT2D eigenvalue weighted by molar-refractivity contribution is 8.01. The molecule has 3 aromatic rings. The largest absolute Gasteiger partial charge is 0.311 e. The number of carbonyl (C=O) groups is 2. The predicted octanol–water partition coefficient (Wildman–Crippen LogP) is 4.56. The molecule has 1 aliphatic heterocycles. The van der Waals surface area contributed by atoms with E-state index in [1.165, 1.54) is 16.9 Å². The van der Waals surface area contributed by atoms with Crippen LogP contribution in [0.3, 0.4) is 0 Å². The number of benzene rings is 2. The van der Waals surface area contributed by atoms with E-state index in [9.17, 15) is 9.59 Å². The molecular formula is C23H24N4O2S2. The van der Waals surface area contributed by atoms with E-state index in [-0.39, 0.29) is 18.2 Å². The van der Waals surface area contributed by atoms with Gasteiger partial charge in [-0.2, -0.15) is 0 Å². The van der Waals surface area contributed by atoms with Crippen molar-refractivity contribution in [1.29, 1.82) is 0 Å². The second kappa shape index (κ2) is 10.1. The van der Waals surface area contributed by atoms with Gasteiger partial charge in [0.25, 0.3) is 0 Å². The molecule has 0 radical (unpaired) electrons. The summed E-state index contributed by atoms with van der Waals surface area (Å²) in [5, 5.41) is 11.6. The Kier molecular flexibility index (Phi) is 6.99. The molecular weight excluding hydrogens is 428 g/mol. The summed E-state index contributed by atoms with van der Waals surface area (Å²) in [7, 11) is 0. The van der Waals surface area contributed by atoms with Crippen LogP contribution in [0.25, 0.3) is 0 Å². The van der Waals surface area contributed by atoms with Crippen molar-refractivity contribution in [3.63, 3.8) is 0 Å². The summed E-state index contributed by atoms with van der Waals surface area (Å²) in [6.07, 6.45) is 2.29. The molecule has 1 saturated heterocycles.